The maximum Gasteiger partial charge on any atom is 0.217 e. The summed E-state index contributed by atoms with van der Waals surface area (Å²) >= 11 is 3.29. The summed E-state index contributed by atoms with van der Waals surface area (Å²) in [5.41, 5.74) is 0.695. The van der Waals surface area contributed by atoms with Gasteiger partial charge in [0.2, 0.25) is 10.0 Å². The van der Waals surface area contributed by atoms with Crippen molar-refractivity contribution < 1.29 is 8.42 Å². The lowest BCUT2D eigenvalue weighted by atomic mass is 10.2. The van der Waals surface area contributed by atoms with E-state index in [2.05, 4.69) is 25.6 Å². The van der Waals surface area contributed by atoms with Gasteiger partial charge >= 0.3 is 0 Å². The lowest BCUT2D eigenvalue weighted by Crippen LogP contribution is -2.40. The highest BCUT2D eigenvalue weighted by molar-refractivity contribution is 9.10. The second-order valence-corrected chi connectivity index (χ2v) is 8.24. The molecule has 1 aromatic rings. The van der Waals surface area contributed by atoms with Gasteiger partial charge in [0.1, 0.15) is 0 Å². The summed E-state index contributed by atoms with van der Waals surface area (Å²) in [6.07, 6.45) is 1.65. The predicted octanol–water partition coefficient (Wildman–Crippen LogP) is 2.62. The fourth-order valence-electron chi connectivity index (χ4n) is 1.11. The van der Waals surface area contributed by atoms with E-state index in [0.29, 0.717) is 5.69 Å². The van der Waals surface area contributed by atoms with Crippen LogP contribution < -0.4 is 4.72 Å². The summed E-state index contributed by atoms with van der Waals surface area (Å²) in [5.74, 6) is 0. The molecular formula is C11H17BrN2O2S. The quantitative estimate of drug-likeness (QED) is 0.931. The third-order valence-electron chi connectivity index (χ3n) is 2.33. The number of rotatable bonds is 3. The molecule has 1 N–H and O–H groups in total. The summed E-state index contributed by atoms with van der Waals surface area (Å²) < 4.78 is 26.6. The van der Waals surface area contributed by atoms with Crippen LogP contribution in [0.1, 0.15) is 39.4 Å². The highest BCUT2D eigenvalue weighted by Gasteiger charge is 2.30. The van der Waals surface area contributed by atoms with Crippen LogP contribution in [0.15, 0.2) is 22.8 Å². The van der Waals surface area contributed by atoms with Crippen LogP contribution in [0, 0.1) is 0 Å². The fourth-order valence-corrected chi connectivity index (χ4v) is 2.29. The molecule has 0 saturated heterocycles. The number of halogens is 1. The Morgan fingerprint density at radius 2 is 1.94 bits per heavy atom. The zero-order valence-corrected chi connectivity index (χ0v) is 12.8. The normalized spacial score (nSPS) is 14.6. The van der Waals surface area contributed by atoms with Gasteiger partial charge < -0.3 is 0 Å². The van der Waals surface area contributed by atoms with Crippen LogP contribution >= 0.6 is 15.9 Å². The Balaban J connectivity index is 2.87. The van der Waals surface area contributed by atoms with Gasteiger partial charge in [-0.15, -0.1) is 0 Å². The smallest absolute Gasteiger partial charge is 0.217 e. The van der Waals surface area contributed by atoms with Crippen molar-refractivity contribution in [2.45, 2.75) is 38.5 Å². The summed E-state index contributed by atoms with van der Waals surface area (Å²) in [6, 6.07) is 3.29. The molecule has 6 heteroatoms. The van der Waals surface area contributed by atoms with Crippen molar-refractivity contribution in [3.63, 3.8) is 0 Å². The summed E-state index contributed by atoms with van der Waals surface area (Å²) in [7, 11) is -3.36. The van der Waals surface area contributed by atoms with Gasteiger partial charge in [-0.1, -0.05) is 0 Å². The van der Waals surface area contributed by atoms with Crippen LogP contribution in [-0.4, -0.2) is 18.1 Å². The SMILES string of the molecule is C[C@H](NS(=O)(=O)C(C)(C)C)c1ccc(Br)cn1. The van der Waals surface area contributed by atoms with E-state index < -0.39 is 14.8 Å². The van der Waals surface area contributed by atoms with E-state index in [4.69, 9.17) is 0 Å². The standard InChI is InChI=1S/C11H17BrN2O2S/c1-8(10-6-5-9(12)7-13-10)14-17(15,16)11(2,3)4/h5-8,14H,1-4H3/t8-/m0/s1. The number of sulfonamides is 1. The first-order chi connectivity index (χ1) is 7.63. The van der Waals surface area contributed by atoms with Gasteiger partial charge in [-0.25, -0.2) is 13.1 Å². The molecule has 0 bridgehead atoms. The first kappa shape index (κ1) is 14.6. The van der Waals surface area contributed by atoms with Crippen molar-refractivity contribution in [1.82, 2.24) is 9.71 Å². The topological polar surface area (TPSA) is 59.1 Å². The Hall–Kier alpha value is -0.460. The van der Waals surface area contributed by atoms with E-state index in [1.807, 2.05) is 6.07 Å². The molecule has 0 aliphatic heterocycles. The maximum absolute atomic E-state index is 12.0. The Kier molecular flexibility index (Phi) is 4.33. The number of nitrogens with one attached hydrogen (secondary N) is 1. The van der Waals surface area contributed by atoms with E-state index in [1.54, 1.807) is 40.0 Å². The van der Waals surface area contributed by atoms with Gasteiger partial charge in [-0.2, -0.15) is 0 Å². The zero-order valence-electron chi connectivity index (χ0n) is 10.4. The van der Waals surface area contributed by atoms with Crippen molar-refractivity contribution in [1.29, 1.82) is 0 Å². The molecule has 0 aliphatic carbocycles. The van der Waals surface area contributed by atoms with Crippen LogP contribution in [-0.2, 0) is 10.0 Å². The fraction of sp³-hybridized carbons (Fsp3) is 0.545. The largest absolute Gasteiger partial charge is 0.258 e. The molecular weight excluding hydrogens is 304 g/mol. The minimum Gasteiger partial charge on any atom is -0.258 e. The maximum atomic E-state index is 12.0. The van der Waals surface area contributed by atoms with Crippen LogP contribution in [0.2, 0.25) is 0 Å². The predicted molar refractivity (Wildman–Crippen MR) is 72.2 cm³/mol. The Bertz CT molecular complexity index is 477. The monoisotopic (exact) mass is 320 g/mol. The van der Waals surface area contributed by atoms with Crippen molar-refractivity contribution in [2.24, 2.45) is 0 Å². The minimum atomic E-state index is -3.36. The Morgan fingerprint density at radius 3 is 2.35 bits per heavy atom. The summed E-state index contributed by atoms with van der Waals surface area (Å²) in [4.78, 5) is 4.17. The number of pyridine rings is 1. The molecule has 1 atom stereocenters. The lowest BCUT2D eigenvalue weighted by molar-refractivity contribution is 0.529. The van der Waals surface area contributed by atoms with Crippen LogP contribution in [0.4, 0.5) is 0 Å². The van der Waals surface area contributed by atoms with E-state index >= 15 is 0 Å². The van der Waals surface area contributed by atoms with Crippen LogP contribution in [0.5, 0.6) is 0 Å². The molecule has 4 nitrogen and oxygen atoms in total. The first-order valence-electron chi connectivity index (χ1n) is 5.27. The molecule has 0 radical (unpaired) electrons. The number of hydrogen-bond donors (Lipinski definition) is 1. The van der Waals surface area contributed by atoms with Gasteiger partial charge in [0.15, 0.2) is 0 Å². The van der Waals surface area contributed by atoms with Gasteiger partial charge in [0, 0.05) is 10.7 Å². The number of aromatic nitrogens is 1. The van der Waals surface area contributed by atoms with Crippen molar-refractivity contribution >= 4 is 26.0 Å². The van der Waals surface area contributed by atoms with E-state index in [-0.39, 0.29) is 6.04 Å². The van der Waals surface area contributed by atoms with Gasteiger partial charge in [-0.3, -0.25) is 4.98 Å². The lowest BCUT2D eigenvalue weighted by Gasteiger charge is -2.23. The molecule has 1 aromatic heterocycles. The van der Waals surface area contributed by atoms with Gasteiger partial charge in [-0.05, 0) is 55.8 Å². The van der Waals surface area contributed by atoms with Gasteiger partial charge in [0.05, 0.1) is 16.5 Å². The average Bonchev–Trinajstić information content (AvgIpc) is 2.16. The summed E-state index contributed by atoms with van der Waals surface area (Å²) in [5, 5.41) is 0. The van der Waals surface area contributed by atoms with E-state index in [0.717, 1.165) is 4.47 Å². The second kappa shape index (κ2) is 5.04. The van der Waals surface area contributed by atoms with Crippen molar-refractivity contribution in [3.8, 4) is 0 Å². The first-order valence-corrected chi connectivity index (χ1v) is 7.54. The number of hydrogen-bond acceptors (Lipinski definition) is 3. The average molecular weight is 321 g/mol. The molecule has 17 heavy (non-hydrogen) atoms. The number of nitrogens with zero attached hydrogens (tertiary/aromatic N) is 1. The molecule has 0 unspecified atom stereocenters. The van der Waals surface area contributed by atoms with Crippen molar-refractivity contribution in [2.75, 3.05) is 0 Å². The van der Waals surface area contributed by atoms with Crippen LogP contribution in [0.25, 0.3) is 0 Å². The molecule has 1 heterocycles. The molecule has 0 aliphatic rings. The molecule has 1 rings (SSSR count). The molecule has 0 aromatic carbocycles. The van der Waals surface area contributed by atoms with Gasteiger partial charge in [0.25, 0.3) is 0 Å². The summed E-state index contributed by atoms with van der Waals surface area (Å²) in [6.45, 7) is 6.77. The molecule has 0 spiro atoms. The Morgan fingerprint density at radius 1 is 1.35 bits per heavy atom. The minimum absolute atomic E-state index is 0.340. The van der Waals surface area contributed by atoms with Crippen LogP contribution in [0.3, 0.4) is 0 Å². The Labute approximate surface area is 111 Å². The third-order valence-corrected chi connectivity index (χ3v) is 5.08. The second-order valence-electron chi connectivity index (χ2n) is 4.86. The third kappa shape index (κ3) is 3.76. The molecule has 96 valence electrons. The molecule has 0 fully saturated rings. The van der Waals surface area contributed by atoms with E-state index in [1.165, 1.54) is 0 Å². The highest BCUT2D eigenvalue weighted by Crippen LogP contribution is 2.19. The van der Waals surface area contributed by atoms with Crippen molar-refractivity contribution in [3.05, 3.63) is 28.5 Å². The zero-order chi connectivity index (χ0) is 13.3. The van der Waals surface area contributed by atoms with E-state index in [9.17, 15) is 8.42 Å². The molecule has 0 saturated carbocycles. The molecule has 0 amide bonds. The highest BCUT2D eigenvalue weighted by atomic mass is 79.9.